The van der Waals surface area contributed by atoms with Crippen LogP contribution in [0.25, 0.3) is 10.9 Å². The summed E-state index contributed by atoms with van der Waals surface area (Å²) >= 11 is 6.12. The molecular weight excluding hydrogens is 689 g/mol. The third-order valence-corrected chi connectivity index (χ3v) is 10.7. The maximum atomic E-state index is 12.5. The minimum Gasteiger partial charge on any atom is -0.488 e. The second kappa shape index (κ2) is 12.0. The van der Waals surface area contributed by atoms with Gasteiger partial charge in [-0.2, -0.15) is 0 Å². The van der Waals surface area contributed by atoms with Gasteiger partial charge in [0.2, 0.25) is 0 Å². The Morgan fingerprint density at radius 1 is 1.12 bits per heavy atom. The molecule has 0 saturated carbocycles. The van der Waals surface area contributed by atoms with Gasteiger partial charge in [-0.1, -0.05) is 0 Å². The lowest BCUT2D eigenvalue weighted by Crippen LogP contribution is -2.62. The number of piperidine rings is 2. The molecule has 9 nitrogen and oxygen atoms in total. The normalized spacial score (nSPS) is 20.2. The van der Waals surface area contributed by atoms with Gasteiger partial charge in [-0.15, -0.1) is 0 Å². The Labute approximate surface area is 259 Å². The van der Waals surface area contributed by atoms with Crippen molar-refractivity contribution in [3.8, 4) is 5.75 Å². The number of halogens is 2. The van der Waals surface area contributed by atoms with E-state index in [0.717, 1.165) is 101 Å². The van der Waals surface area contributed by atoms with Crippen LogP contribution < -0.4 is 9.64 Å². The van der Waals surface area contributed by atoms with Gasteiger partial charge in [0.1, 0.15) is 29.4 Å². The molecule has 0 N–H and O–H groups in total. The lowest BCUT2D eigenvalue weighted by molar-refractivity contribution is -0.0434. The minimum absolute atomic E-state index is 0.166. The van der Waals surface area contributed by atoms with Crippen molar-refractivity contribution in [1.29, 1.82) is 0 Å². The molecule has 0 aliphatic carbocycles. The van der Waals surface area contributed by atoms with Gasteiger partial charge in [-0.05, 0) is 111 Å². The van der Waals surface area contributed by atoms with Crippen LogP contribution in [-0.4, -0.2) is 98.1 Å². The largest absolute Gasteiger partial charge is 0.488 e. The van der Waals surface area contributed by atoms with Gasteiger partial charge in [0.05, 0.1) is 11.1 Å². The first-order chi connectivity index (χ1) is 19.0. The second-order valence-electron chi connectivity index (χ2n) is 12.5. The van der Waals surface area contributed by atoms with E-state index >= 15 is 0 Å². The molecule has 1 aromatic carbocycles. The number of ether oxygens (including phenoxy) is 3. The summed E-state index contributed by atoms with van der Waals surface area (Å²) in [4.78, 5) is 29.6. The third-order valence-electron chi connectivity index (χ3n) is 8.28. The summed E-state index contributed by atoms with van der Waals surface area (Å²) in [5.41, 5.74) is 0.558. The summed E-state index contributed by atoms with van der Waals surface area (Å²) in [5.74, 6) is 3.01. The minimum atomic E-state index is -0.471. The molecule has 220 valence electrons. The highest BCUT2D eigenvalue weighted by Gasteiger charge is 2.48. The molecule has 11 heteroatoms. The van der Waals surface area contributed by atoms with Gasteiger partial charge in [-0.25, -0.2) is 14.8 Å². The maximum absolute atomic E-state index is 12.5. The second-order valence-corrected chi connectivity index (χ2v) is 14.5. The Morgan fingerprint density at radius 2 is 1.80 bits per heavy atom. The van der Waals surface area contributed by atoms with E-state index in [4.69, 9.17) is 24.2 Å². The van der Waals surface area contributed by atoms with Gasteiger partial charge < -0.3 is 28.9 Å². The first-order valence-corrected chi connectivity index (χ1v) is 16.1. The van der Waals surface area contributed by atoms with Crippen molar-refractivity contribution in [2.75, 3.05) is 71.5 Å². The summed E-state index contributed by atoms with van der Waals surface area (Å²) in [7, 11) is 3.86. The van der Waals surface area contributed by atoms with Crippen LogP contribution >= 0.6 is 38.5 Å². The SMILES string of the molecule is COCCOc1c(Br)c(I)cc2c(N3CCC4(CC3)CN(C(=O)OC(C)(C)C)C4)nc(C3CCN(C)CC3)nc12. The summed E-state index contributed by atoms with van der Waals surface area (Å²) in [5, 5.41) is 1.02. The lowest BCUT2D eigenvalue weighted by Gasteiger charge is -2.53. The number of carbonyl (C=O) groups excluding carboxylic acids is 1. The average molecular weight is 730 g/mol. The molecule has 1 aromatic heterocycles. The van der Waals surface area contributed by atoms with Gasteiger partial charge >= 0.3 is 6.09 Å². The smallest absolute Gasteiger partial charge is 0.410 e. The molecule has 1 amide bonds. The van der Waals surface area contributed by atoms with Crippen LogP contribution in [0.1, 0.15) is 58.2 Å². The van der Waals surface area contributed by atoms with E-state index in [2.05, 4.69) is 61.4 Å². The molecule has 3 fully saturated rings. The summed E-state index contributed by atoms with van der Waals surface area (Å²) in [6.45, 7) is 12.1. The number of hydrogen-bond acceptors (Lipinski definition) is 8. The fraction of sp³-hybridized carbons (Fsp3) is 0.690. The number of aromatic nitrogens is 2. The van der Waals surface area contributed by atoms with Gasteiger partial charge in [0.15, 0.2) is 5.75 Å². The van der Waals surface area contributed by atoms with Gasteiger partial charge in [0, 0.05) is 53.6 Å². The van der Waals surface area contributed by atoms with E-state index in [-0.39, 0.29) is 11.5 Å². The average Bonchev–Trinajstić information content (AvgIpc) is 2.88. The van der Waals surface area contributed by atoms with E-state index in [1.165, 1.54) is 0 Å². The highest BCUT2D eigenvalue weighted by molar-refractivity contribution is 14.1. The first kappa shape index (κ1) is 30.0. The van der Waals surface area contributed by atoms with Crippen molar-refractivity contribution >= 4 is 61.3 Å². The first-order valence-electron chi connectivity index (χ1n) is 14.2. The van der Waals surface area contributed by atoms with Crippen LogP contribution in [0.4, 0.5) is 10.6 Å². The van der Waals surface area contributed by atoms with Crippen molar-refractivity contribution in [3.63, 3.8) is 0 Å². The zero-order valence-electron chi connectivity index (χ0n) is 24.3. The standard InChI is InChI=1S/C29H41BrIN5O4/c1-28(2,3)40-27(37)36-17-29(18-36)8-12-35(13-9-29)26-20-16-21(31)22(30)24(39-15-14-38-5)23(20)32-25(33-26)19-6-10-34(4)11-7-19/h16,19H,6-15,17-18H2,1-5H3. The van der Waals surface area contributed by atoms with Gasteiger partial charge in [-0.3, -0.25) is 0 Å². The molecule has 0 atom stereocenters. The molecule has 0 bridgehead atoms. The molecule has 1 spiro atoms. The number of hydrogen-bond donors (Lipinski definition) is 0. The Kier molecular flexibility index (Phi) is 9.04. The fourth-order valence-electron chi connectivity index (χ4n) is 5.96. The molecule has 3 aliphatic heterocycles. The van der Waals surface area contributed by atoms with Crippen LogP contribution in [0, 0.1) is 8.99 Å². The Bertz CT molecular complexity index is 1230. The summed E-state index contributed by atoms with van der Waals surface area (Å²) in [6, 6.07) is 2.18. The lowest BCUT2D eigenvalue weighted by atomic mass is 9.72. The van der Waals surface area contributed by atoms with Crippen LogP contribution in [0.3, 0.4) is 0 Å². The number of methoxy groups -OCH3 is 1. The highest BCUT2D eigenvalue weighted by atomic mass is 127. The Morgan fingerprint density at radius 3 is 2.42 bits per heavy atom. The maximum Gasteiger partial charge on any atom is 0.410 e. The quantitative estimate of drug-likeness (QED) is 0.278. The highest BCUT2D eigenvalue weighted by Crippen LogP contribution is 2.45. The van der Waals surface area contributed by atoms with Crippen LogP contribution in [0.5, 0.6) is 5.75 Å². The van der Waals surface area contributed by atoms with Crippen molar-refractivity contribution in [1.82, 2.24) is 19.8 Å². The van der Waals surface area contributed by atoms with Crippen molar-refractivity contribution in [3.05, 3.63) is 19.9 Å². The van der Waals surface area contributed by atoms with E-state index < -0.39 is 5.60 Å². The molecule has 0 unspecified atom stereocenters. The predicted molar refractivity (Wildman–Crippen MR) is 168 cm³/mol. The molecule has 40 heavy (non-hydrogen) atoms. The van der Waals surface area contributed by atoms with Crippen molar-refractivity contribution in [2.45, 2.75) is 58.0 Å². The van der Waals surface area contributed by atoms with E-state index in [0.29, 0.717) is 19.1 Å². The Hall–Kier alpha value is -1.44. The number of nitrogens with zero attached hydrogens (tertiary/aromatic N) is 5. The topological polar surface area (TPSA) is 80.3 Å². The predicted octanol–water partition coefficient (Wildman–Crippen LogP) is 5.67. The van der Waals surface area contributed by atoms with E-state index in [1.807, 2.05) is 25.7 Å². The molecule has 2 aromatic rings. The van der Waals surface area contributed by atoms with Gasteiger partial charge in [0.25, 0.3) is 0 Å². The number of rotatable bonds is 6. The molecule has 4 heterocycles. The number of likely N-dealkylation sites (tertiary alicyclic amines) is 2. The van der Waals surface area contributed by atoms with E-state index in [9.17, 15) is 4.79 Å². The monoisotopic (exact) mass is 729 g/mol. The van der Waals surface area contributed by atoms with Crippen molar-refractivity contribution < 1.29 is 19.0 Å². The summed E-state index contributed by atoms with van der Waals surface area (Å²) < 4.78 is 19.1. The number of fused-ring (bicyclic) bond motifs is 1. The van der Waals surface area contributed by atoms with Crippen molar-refractivity contribution in [2.24, 2.45) is 5.41 Å². The third kappa shape index (κ3) is 6.47. The zero-order valence-corrected chi connectivity index (χ0v) is 28.0. The zero-order chi connectivity index (χ0) is 28.7. The number of benzene rings is 1. The molecule has 5 rings (SSSR count). The molecule has 3 aliphatic rings. The molecule has 3 saturated heterocycles. The number of anilines is 1. The molecular formula is C29H41BrIN5O4. The fourth-order valence-corrected chi connectivity index (χ4v) is 6.93. The Balaban J connectivity index is 1.42. The number of amides is 1. The van der Waals surface area contributed by atoms with Crippen LogP contribution in [-0.2, 0) is 9.47 Å². The van der Waals surface area contributed by atoms with Crippen LogP contribution in [0.2, 0.25) is 0 Å². The van der Waals surface area contributed by atoms with Crippen LogP contribution in [0.15, 0.2) is 10.5 Å². The summed E-state index contributed by atoms with van der Waals surface area (Å²) in [6.07, 6.45) is 3.94. The number of carbonyl (C=O) groups is 1. The molecule has 0 radical (unpaired) electrons. The van der Waals surface area contributed by atoms with E-state index in [1.54, 1.807) is 7.11 Å².